The lowest BCUT2D eigenvalue weighted by Gasteiger charge is -2.35. The normalized spacial score (nSPS) is 10.9. The SMILES string of the molecule is CSCCN.NCCS.O=C(CCl)NCCSC(c1ccccc1)(c1ccccc1)c1ccccc1.O=C(CNCCSC(c1ccccc1)(c1ccccc1)c1ccccc1)NCCSC(c1ccccc1)(c1ccccc1)c1ccccc1.O=C(Cl)CCl.OC(c1ccccc1)(c1ccccc1)c1ccccc1. The van der Waals surface area contributed by atoms with Crippen molar-refractivity contribution in [3.8, 4) is 0 Å². The first-order valence-corrected chi connectivity index (χ1v) is 42.7. The number of hydrogen-bond acceptors (Lipinski definition) is 12. The van der Waals surface area contributed by atoms with Gasteiger partial charge >= 0.3 is 0 Å². The fraction of sp³-hybridized carbons (Fsp3) is 0.194. The minimum absolute atomic E-state index is 0.00807. The summed E-state index contributed by atoms with van der Waals surface area (Å²) in [6.07, 6.45) is 2.05. The lowest BCUT2D eigenvalue weighted by atomic mass is 9.80. The quantitative estimate of drug-likeness (QED) is 0.00729. The summed E-state index contributed by atoms with van der Waals surface area (Å²) in [6.45, 7) is 3.63. The Morgan fingerprint density at radius 1 is 0.336 bits per heavy atom. The Kier molecular flexibility index (Phi) is 40.9. The summed E-state index contributed by atoms with van der Waals surface area (Å²) in [7, 11) is 0. The molecule has 0 spiro atoms. The first-order chi connectivity index (χ1) is 53.9. The van der Waals surface area contributed by atoms with Gasteiger partial charge in [0.05, 0.1) is 26.7 Å². The summed E-state index contributed by atoms with van der Waals surface area (Å²) in [6, 6.07) is 125. The fourth-order valence-corrected chi connectivity index (χ4v) is 17.0. The molecule has 9 nitrogen and oxygen atoms in total. The topological polar surface area (TPSA) is 160 Å². The molecule has 17 heteroatoms. The second-order valence-corrected chi connectivity index (χ2v) is 30.8. The van der Waals surface area contributed by atoms with Gasteiger partial charge in [0.2, 0.25) is 17.1 Å². The highest BCUT2D eigenvalue weighted by Gasteiger charge is 2.40. The molecule has 0 aliphatic rings. The van der Waals surface area contributed by atoms with Crippen molar-refractivity contribution in [2.45, 2.75) is 19.8 Å². The van der Waals surface area contributed by atoms with E-state index in [1.54, 1.807) is 11.8 Å². The summed E-state index contributed by atoms with van der Waals surface area (Å²) in [5.74, 6) is 4.00. The Morgan fingerprint density at radius 2 is 0.536 bits per heavy atom. The third-order valence-electron chi connectivity index (χ3n) is 17.2. The van der Waals surface area contributed by atoms with Gasteiger partial charge < -0.3 is 32.5 Å². The zero-order chi connectivity index (χ0) is 78.2. The van der Waals surface area contributed by atoms with Gasteiger partial charge in [0.25, 0.3) is 0 Å². The number of alkyl halides is 2. The Morgan fingerprint density at radius 3 is 0.709 bits per heavy atom. The maximum Gasteiger partial charge on any atom is 0.236 e. The van der Waals surface area contributed by atoms with Crippen molar-refractivity contribution in [3.05, 3.63) is 431 Å². The highest BCUT2D eigenvalue weighted by molar-refractivity contribution is 8.01. The van der Waals surface area contributed by atoms with Crippen molar-refractivity contribution in [1.29, 1.82) is 0 Å². The van der Waals surface area contributed by atoms with Crippen LogP contribution in [0, 0.1) is 0 Å². The van der Waals surface area contributed by atoms with E-state index in [0.29, 0.717) is 26.2 Å². The first kappa shape index (κ1) is 88.9. The molecule has 0 aliphatic heterocycles. The average Bonchev–Trinajstić information content (AvgIpc) is 0.782. The molecule has 0 saturated heterocycles. The number of aliphatic hydroxyl groups is 1. The molecule has 0 aromatic heterocycles. The van der Waals surface area contributed by atoms with Crippen molar-refractivity contribution >= 4 is 112 Å². The van der Waals surface area contributed by atoms with Crippen LogP contribution in [0.4, 0.5) is 0 Å². The zero-order valence-electron chi connectivity index (χ0n) is 61.9. The minimum Gasteiger partial charge on any atom is -0.376 e. The molecule has 0 fully saturated rings. The van der Waals surface area contributed by atoms with Gasteiger partial charge in [-0.3, -0.25) is 14.4 Å². The van der Waals surface area contributed by atoms with E-state index in [2.05, 4.69) is 283 Å². The lowest BCUT2D eigenvalue weighted by molar-refractivity contribution is -0.120. The summed E-state index contributed by atoms with van der Waals surface area (Å²) in [5, 5.41) is 20.4. The van der Waals surface area contributed by atoms with Crippen LogP contribution in [0.3, 0.4) is 0 Å². The molecule has 12 aromatic rings. The van der Waals surface area contributed by atoms with Crippen LogP contribution in [-0.2, 0) is 34.2 Å². The van der Waals surface area contributed by atoms with Crippen LogP contribution in [0.2, 0.25) is 0 Å². The number of thiol groups is 1. The van der Waals surface area contributed by atoms with E-state index in [1.807, 2.05) is 151 Å². The first-order valence-electron chi connectivity index (χ1n) is 36.3. The number of halogens is 3. The molecule has 0 aliphatic carbocycles. The van der Waals surface area contributed by atoms with Crippen LogP contribution in [0.15, 0.2) is 364 Å². The summed E-state index contributed by atoms with van der Waals surface area (Å²) < 4.78 is -1.12. The standard InChI is InChI=1S/C44H42N2OS2.C23H22ClNOS.C19H16O.C3H9NS.C2H2Cl2O.C2H7NS/c47-42(46-32-34-49-44(39-25-13-4-14-26-39,40-27-15-5-16-28-40)41-29-17-6-18-30-41)35-45-31-33-48-43(36-19-7-1-8-20-36,37-21-9-2-10-22-37)38-23-11-3-12-24-38;24-18-22(26)25-16-17-27-23(19-10-4-1-5-11-19,20-12-6-2-7-13-20)21-14-8-3-9-15-21;20-19(16-10-4-1-5-11-16,17-12-6-2-7-13-17)18-14-8-3-9-15-18;1-5-3-2-4;3-1-2(4)5;3-1-2-4/h1-30,45H,31-35H2,(H,46,47);1-15H,16-18H2,(H,25,26);1-15,20H;2-4H2,1H3;1H2;4H,1-3H2. The van der Waals surface area contributed by atoms with Gasteiger partial charge in [0.1, 0.15) is 11.5 Å². The molecule has 0 heterocycles. The van der Waals surface area contributed by atoms with Gasteiger partial charge in [0.15, 0.2) is 0 Å². The number of carbonyl (C=O) groups excluding carboxylic acids is 3. The van der Waals surface area contributed by atoms with Crippen LogP contribution < -0.4 is 27.4 Å². The molecule has 0 radical (unpaired) electrons. The number of rotatable bonds is 31. The van der Waals surface area contributed by atoms with E-state index in [4.69, 9.17) is 46.3 Å². The third kappa shape index (κ3) is 26.4. The monoisotopic (exact) mass is 1610 g/mol. The van der Waals surface area contributed by atoms with E-state index < -0.39 is 15.6 Å². The van der Waals surface area contributed by atoms with Crippen LogP contribution in [0.1, 0.15) is 66.8 Å². The van der Waals surface area contributed by atoms with E-state index >= 15 is 0 Å². The number of benzene rings is 12. The minimum atomic E-state index is -1.12. The third-order valence-corrected chi connectivity index (χ3v) is 23.5. The van der Waals surface area contributed by atoms with Crippen molar-refractivity contribution in [2.24, 2.45) is 11.5 Å². The number of nitrogens with one attached hydrogen (secondary N) is 3. The van der Waals surface area contributed by atoms with E-state index in [0.717, 1.165) is 52.0 Å². The van der Waals surface area contributed by atoms with E-state index in [1.165, 1.54) is 50.1 Å². The second kappa shape index (κ2) is 50.6. The van der Waals surface area contributed by atoms with Gasteiger partial charge in [0, 0.05) is 61.5 Å². The Labute approximate surface area is 689 Å². The maximum absolute atomic E-state index is 13.0. The number of amides is 2. The summed E-state index contributed by atoms with van der Waals surface area (Å²) in [5.41, 5.74) is 22.6. The predicted molar refractivity (Wildman–Crippen MR) is 478 cm³/mol. The number of hydrogen-bond donors (Lipinski definition) is 7. The molecule has 12 aromatic carbocycles. The number of nitrogens with two attached hydrogens (primary N) is 2. The van der Waals surface area contributed by atoms with Gasteiger partial charge in [-0.2, -0.15) is 24.4 Å². The highest BCUT2D eigenvalue weighted by atomic mass is 35.5. The highest BCUT2D eigenvalue weighted by Crippen LogP contribution is 2.51. The average molecular weight is 1620 g/mol. The molecule has 0 atom stereocenters. The van der Waals surface area contributed by atoms with Crippen LogP contribution in [0.5, 0.6) is 0 Å². The van der Waals surface area contributed by atoms with Crippen LogP contribution in [0.25, 0.3) is 0 Å². The maximum atomic E-state index is 13.0. The molecule has 0 bridgehead atoms. The van der Waals surface area contributed by atoms with Crippen LogP contribution in [-0.4, -0.2) is 108 Å². The number of carbonyl (C=O) groups is 3. The van der Waals surface area contributed by atoms with E-state index in [9.17, 15) is 19.5 Å². The molecule has 0 unspecified atom stereocenters. The second-order valence-electron chi connectivity index (χ2n) is 24.5. The lowest BCUT2D eigenvalue weighted by Crippen LogP contribution is -2.37. The molecular formula is C93H98Cl3N5O4S5. The fourth-order valence-electron chi connectivity index (χ4n) is 12.3. The van der Waals surface area contributed by atoms with Gasteiger partial charge in [-0.15, -0.1) is 58.5 Å². The summed E-state index contributed by atoms with van der Waals surface area (Å²) in [4.78, 5) is 34.0. The van der Waals surface area contributed by atoms with Crippen LogP contribution >= 0.6 is 94.5 Å². The van der Waals surface area contributed by atoms with Gasteiger partial charge in [-0.1, -0.05) is 364 Å². The molecule has 8 N–H and O–H groups in total. The molecule has 2 amide bonds. The van der Waals surface area contributed by atoms with Crippen molar-refractivity contribution in [2.75, 3.05) is 86.0 Å². The Hall–Kier alpha value is -8.29. The molecule has 570 valence electrons. The Balaban J connectivity index is 0.000000230. The molecule has 110 heavy (non-hydrogen) atoms. The van der Waals surface area contributed by atoms with Crippen molar-refractivity contribution in [3.63, 3.8) is 0 Å². The number of thioether (sulfide) groups is 4. The predicted octanol–water partition coefficient (Wildman–Crippen LogP) is 19.4. The van der Waals surface area contributed by atoms with Crippen molar-refractivity contribution in [1.82, 2.24) is 16.0 Å². The van der Waals surface area contributed by atoms with Gasteiger partial charge in [-0.25, -0.2) is 0 Å². The Bertz CT molecular complexity index is 4030. The zero-order valence-corrected chi connectivity index (χ0v) is 68.3. The van der Waals surface area contributed by atoms with Gasteiger partial charge in [-0.05, 0) is 84.6 Å². The largest absolute Gasteiger partial charge is 0.376 e. The van der Waals surface area contributed by atoms with Crippen molar-refractivity contribution < 1.29 is 19.5 Å². The molecular weight excluding hydrogens is 1520 g/mol. The smallest absolute Gasteiger partial charge is 0.236 e. The molecule has 0 saturated carbocycles. The van der Waals surface area contributed by atoms with E-state index in [-0.39, 0.29) is 39.6 Å². The summed E-state index contributed by atoms with van der Waals surface area (Å²) >= 11 is 26.3. The molecule has 12 rings (SSSR count).